The molecule has 160 valence electrons. The third-order valence-electron chi connectivity index (χ3n) is 5.69. The van der Waals surface area contributed by atoms with Crippen molar-refractivity contribution in [3.8, 4) is 0 Å². The van der Waals surface area contributed by atoms with Crippen LogP contribution in [0.4, 0.5) is 16.2 Å². The Labute approximate surface area is 187 Å². The highest BCUT2D eigenvalue weighted by Gasteiger charge is 2.29. The van der Waals surface area contributed by atoms with Crippen molar-refractivity contribution in [3.05, 3.63) is 81.0 Å². The predicted octanol–water partition coefficient (Wildman–Crippen LogP) is 5.76. The van der Waals surface area contributed by atoms with Gasteiger partial charge in [0.1, 0.15) is 0 Å². The van der Waals surface area contributed by atoms with Crippen LogP contribution in [0.3, 0.4) is 0 Å². The van der Waals surface area contributed by atoms with E-state index in [2.05, 4.69) is 37.4 Å². The Morgan fingerprint density at radius 3 is 2.61 bits per heavy atom. The average Bonchev–Trinajstić information content (AvgIpc) is 3.28. The Kier molecular flexibility index (Phi) is 6.09. The Morgan fingerprint density at radius 2 is 1.87 bits per heavy atom. The van der Waals surface area contributed by atoms with E-state index in [0.717, 1.165) is 29.8 Å². The van der Waals surface area contributed by atoms with Crippen molar-refractivity contribution < 1.29 is 9.59 Å². The van der Waals surface area contributed by atoms with Gasteiger partial charge in [0, 0.05) is 19.6 Å². The van der Waals surface area contributed by atoms with Gasteiger partial charge >= 0.3 is 6.03 Å². The lowest BCUT2D eigenvalue weighted by Gasteiger charge is -2.36. The minimum atomic E-state index is -0.154. The fourth-order valence-corrected chi connectivity index (χ4v) is 4.47. The Morgan fingerprint density at radius 1 is 1.03 bits per heavy atom. The summed E-state index contributed by atoms with van der Waals surface area (Å²) in [7, 11) is 0. The highest BCUT2D eigenvalue weighted by atomic mass is 32.1. The molecule has 5 nitrogen and oxygen atoms in total. The van der Waals surface area contributed by atoms with Crippen molar-refractivity contribution in [2.75, 3.05) is 23.3 Å². The van der Waals surface area contributed by atoms with E-state index < -0.39 is 0 Å². The number of amides is 3. The van der Waals surface area contributed by atoms with E-state index in [0.29, 0.717) is 23.7 Å². The highest BCUT2D eigenvalue weighted by molar-refractivity contribution is 7.12. The van der Waals surface area contributed by atoms with E-state index in [1.807, 2.05) is 41.5 Å². The van der Waals surface area contributed by atoms with Crippen molar-refractivity contribution in [1.29, 1.82) is 0 Å². The Balaban J connectivity index is 1.57. The number of anilines is 2. The summed E-state index contributed by atoms with van der Waals surface area (Å²) in [5.41, 5.74) is 6.05. The van der Waals surface area contributed by atoms with Gasteiger partial charge in [-0.2, -0.15) is 0 Å². The molecule has 1 aliphatic heterocycles. The molecule has 0 unspecified atom stereocenters. The summed E-state index contributed by atoms with van der Waals surface area (Å²) in [4.78, 5) is 30.3. The number of rotatable bonds is 5. The molecule has 0 bridgehead atoms. The first-order chi connectivity index (χ1) is 14.9. The van der Waals surface area contributed by atoms with Crippen LogP contribution in [0.25, 0.3) is 0 Å². The molecular formula is C25H27N3O2S. The maximum absolute atomic E-state index is 13.4. The quantitative estimate of drug-likeness (QED) is 0.556. The molecule has 2 heterocycles. The number of urea groups is 1. The third-order valence-corrected chi connectivity index (χ3v) is 6.56. The number of thiophene rings is 1. The van der Waals surface area contributed by atoms with Gasteiger partial charge in [-0.1, -0.05) is 30.3 Å². The number of carbonyl (C=O) groups is 2. The molecule has 1 fully saturated rings. The Bertz CT molecular complexity index is 1110. The highest BCUT2D eigenvalue weighted by Crippen LogP contribution is 2.31. The van der Waals surface area contributed by atoms with Gasteiger partial charge in [0.2, 0.25) is 0 Å². The molecule has 31 heavy (non-hydrogen) atoms. The molecule has 0 radical (unpaired) electrons. The first-order valence-corrected chi connectivity index (χ1v) is 11.4. The fourth-order valence-electron chi connectivity index (χ4n) is 3.85. The summed E-state index contributed by atoms with van der Waals surface area (Å²) in [6.45, 7) is 8.11. The van der Waals surface area contributed by atoms with E-state index in [-0.39, 0.29) is 11.9 Å². The van der Waals surface area contributed by atoms with Gasteiger partial charge in [-0.05, 0) is 73.0 Å². The van der Waals surface area contributed by atoms with Gasteiger partial charge in [-0.25, -0.2) is 4.79 Å². The number of hydrogen-bond donors (Lipinski definition) is 1. The fraction of sp³-hybridized carbons (Fsp3) is 0.280. The van der Waals surface area contributed by atoms with Crippen LogP contribution in [0.2, 0.25) is 0 Å². The van der Waals surface area contributed by atoms with Gasteiger partial charge in [0.15, 0.2) is 0 Å². The van der Waals surface area contributed by atoms with Gasteiger partial charge in [-0.3, -0.25) is 9.69 Å². The molecule has 3 amide bonds. The number of benzene rings is 2. The maximum Gasteiger partial charge on any atom is 0.324 e. The van der Waals surface area contributed by atoms with Crippen LogP contribution in [0.1, 0.15) is 38.3 Å². The minimum absolute atomic E-state index is 0.0278. The average molecular weight is 434 g/mol. The van der Waals surface area contributed by atoms with E-state index in [9.17, 15) is 9.59 Å². The molecule has 6 heteroatoms. The number of carbonyl (C=O) groups excluding carboxylic acids is 2. The minimum Gasteiger partial charge on any atom is -0.320 e. The zero-order valence-electron chi connectivity index (χ0n) is 18.1. The number of hydrogen-bond acceptors (Lipinski definition) is 3. The molecule has 1 saturated heterocycles. The van der Waals surface area contributed by atoms with E-state index in [1.165, 1.54) is 22.5 Å². The molecule has 0 saturated carbocycles. The zero-order valence-corrected chi connectivity index (χ0v) is 19.0. The zero-order chi connectivity index (χ0) is 22.0. The normalized spacial score (nSPS) is 14.1. The number of nitrogens with one attached hydrogen (secondary N) is 1. The molecule has 3 aromatic rings. The SMILES string of the molecule is Cc1ccc(N2CCCN(Cc3ccc(C)c(C)c3)C2=O)c(NC(=O)c2cccs2)c1. The summed E-state index contributed by atoms with van der Waals surface area (Å²) < 4.78 is 0. The van der Waals surface area contributed by atoms with E-state index in [1.54, 1.807) is 11.0 Å². The molecule has 4 rings (SSSR count). The third kappa shape index (κ3) is 4.64. The van der Waals surface area contributed by atoms with Crippen molar-refractivity contribution in [2.45, 2.75) is 33.7 Å². The van der Waals surface area contributed by atoms with E-state index >= 15 is 0 Å². The van der Waals surface area contributed by atoms with E-state index in [4.69, 9.17) is 0 Å². The standard InChI is InChI=1S/C25H27N3O2S/c1-17-7-10-22(21(14-17)26-24(29)23-6-4-13-31-23)28-12-5-11-27(25(28)30)16-20-9-8-18(2)19(3)15-20/h4,6-10,13-15H,5,11-12,16H2,1-3H3,(H,26,29). The van der Waals surface area contributed by atoms with Gasteiger partial charge in [0.05, 0.1) is 16.3 Å². The van der Waals surface area contributed by atoms with Crippen LogP contribution >= 0.6 is 11.3 Å². The smallest absolute Gasteiger partial charge is 0.320 e. The molecule has 1 aliphatic rings. The summed E-state index contributed by atoms with van der Waals surface area (Å²) in [6, 6.07) is 15.8. The second kappa shape index (κ2) is 8.94. The second-order valence-electron chi connectivity index (χ2n) is 8.08. The first-order valence-electron chi connectivity index (χ1n) is 10.5. The lowest BCUT2D eigenvalue weighted by atomic mass is 10.1. The molecule has 1 aromatic heterocycles. The van der Waals surface area contributed by atoms with Crippen molar-refractivity contribution >= 4 is 34.6 Å². The van der Waals surface area contributed by atoms with Crippen LogP contribution < -0.4 is 10.2 Å². The molecule has 0 spiro atoms. The molecule has 0 aliphatic carbocycles. The summed E-state index contributed by atoms with van der Waals surface area (Å²) in [5.74, 6) is -0.154. The van der Waals surface area contributed by atoms with Crippen LogP contribution in [0.5, 0.6) is 0 Å². The van der Waals surface area contributed by atoms with Gasteiger partial charge in [0.25, 0.3) is 5.91 Å². The van der Waals surface area contributed by atoms with Crippen LogP contribution in [-0.2, 0) is 6.54 Å². The van der Waals surface area contributed by atoms with Crippen LogP contribution in [-0.4, -0.2) is 29.9 Å². The Hall–Kier alpha value is -3.12. The van der Waals surface area contributed by atoms with Crippen LogP contribution in [0, 0.1) is 20.8 Å². The van der Waals surface area contributed by atoms with Gasteiger partial charge in [-0.15, -0.1) is 11.3 Å². The van der Waals surface area contributed by atoms with Gasteiger partial charge < -0.3 is 10.2 Å². The number of aryl methyl sites for hydroxylation is 3. The molecule has 0 atom stereocenters. The maximum atomic E-state index is 13.4. The lowest BCUT2D eigenvalue weighted by Crippen LogP contribution is -2.49. The molecule has 1 N–H and O–H groups in total. The molecule has 2 aromatic carbocycles. The summed E-state index contributed by atoms with van der Waals surface area (Å²) >= 11 is 1.40. The number of nitrogens with zero attached hydrogens (tertiary/aromatic N) is 2. The summed E-state index contributed by atoms with van der Waals surface area (Å²) in [5, 5.41) is 4.89. The lowest BCUT2D eigenvalue weighted by molar-refractivity contribution is 0.103. The van der Waals surface area contributed by atoms with Crippen molar-refractivity contribution in [2.24, 2.45) is 0 Å². The van der Waals surface area contributed by atoms with Crippen LogP contribution in [0.15, 0.2) is 53.9 Å². The second-order valence-corrected chi connectivity index (χ2v) is 9.03. The molecular weight excluding hydrogens is 406 g/mol. The topological polar surface area (TPSA) is 52.6 Å². The van der Waals surface area contributed by atoms with Crippen molar-refractivity contribution in [3.63, 3.8) is 0 Å². The predicted molar refractivity (Wildman–Crippen MR) is 127 cm³/mol. The first kappa shape index (κ1) is 21.1. The summed E-state index contributed by atoms with van der Waals surface area (Å²) in [6.07, 6.45) is 0.878. The monoisotopic (exact) mass is 433 g/mol. The van der Waals surface area contributed by atoms with Crippen molar-refractivity contribution in [1.82, 2.24) is 4.90 Å². The largest absolute Gasteiger partial charge is 0.324 e.